The predicted octanol–water partition coefficient (Wildman–Crippen LogP) is 4.35. The van der Waals surface area contributed by atoms with Gasteiger partial charge in [-0.15, -0.1) is 0 Å². The molecule has 0 bridgehead atoms. The van der Waals surface area contributed by atoms with Crippen LogP contribution < -0.4 is 0 Å². The Morgan fingerprint density at radius 1 is 1.22 bits per heavy atom. The third kappa shape index (κ3) is 3.24. The first-order valence-electron chi connectivity index (χ1n) is 8.82. The summed E-state index contributed by atoms with van der Waals surface area (Å²) in [6.07, 6.45) is -4.06. The number of benzene rings is 1. The van der Waals surface area contributed by atoms with Crippen LogP contribution in [-0.4, -0.2) is 33.6 Å². The number of carbonyl (C=O) groups is 1. The minimum Gasteiger partial charge on any atom is -0.362 e. The highest BCUT2D eigenvalue weighted by molar-refractivity contribution is 5.99. The Hall–Kier alpha value is -1.96. The molecule has 1 aliphatic heterocycles. The minimum absolute atomic E-state index is 0.0452. The molecule has 148 valence electrons. The van der Waals surface area contributed by atoms with Gasteiger partial charge in [0.25, 0.3) is 11.6 Å². The maximum Gasteiger partial charge on any atom is 0.439 e. The highest BCUT2D eigenvalue weighted by Crippen LogP contribution is 2.52. The van der Waals surface area contributed by atoms with E-state index in [1.54, 1.807) is 0 Å². The van der Waals surface area contributed by atoms with E-state index in [1.807, 2.05) is 20.8 Å². The lowest BCUT2D eigenvalue weighted by Crippen LogP contribution is -2.62. The van der Waals surface area contributed by atoms with Gasteiger partial charge in [0.05, 0.1) is 5.92 Å². The largest absolute Gasteiger partial charge is 0.439 e. The maximum absolute atomic E-state index is 14.0. The fourth-order valence-corrected chi connectivity index (χ4v) is 3.92. The summed E-state index contributed by atoms with van der Waals surface area (Å²) in [7, 11) is 0. The van der Waals surface area contributed by atoms with Gasteiger partial charge < -0.3 is 5.11 Å². The van der Waals surface area contributed by atoms with E-state index >= 15 is 0 Å². The second-order valence-corrected chi connectivity index (χ2v) is 8.33. The summed E-state index contributed by atoms with van der Waals surface area (Å²) in [4.78, 5) is 12.7. The zero-order valence-electron chi connectivity index (χ0n) is 15.3. The van der Waals surface area contributed by atoms with Crippen molar-refractivity contribution in [1.82, 2.24) is 5.01 Å². The van der Waals surface area contributed by atoms with Crippen LogP contribution in [0.25, 0.3) is 0 Å². The average Bonchev–Trinajstić information content (AvgIpc) is 2.88. The summed E-state index contributed by atoms with van der Waals surface area (Å²) in [6, 6.07) is 4.11. The number of halogens is 4. The van der Waals surface area contributed by atoms with E-state index in [-0.39, 0.29) is 40.5 Å². The molecular formula is C19H22F4N2O2. The van der Waals surface area contributed by atoms with Gasteiger partial charge >= 0.3 is 6.18 Å². The summed E-state index contributed by atoms with van der Waals surface area (Å²) >= 11 is 0. The van der Waals surface area contributed by atoms with E-state index in [0.717, 1.165) is 24.3 Å². The van der Waals surface area contributed by atoms with Crippen LogP contribution in [0.15, 0.2) is 29.4 Å². The highest BCUT2D eigenvalue weighted by Gasteiger charge is 2.69. The monoisotopic (exact) mass is 386 g/mol. The number of nitrogens with zero attached hydrogens (tertiary/aromatic N) is 2. The molecule has 3 atom stereocenters. The molecule has 1 saturated carbocycles. The summed E-state index contributed by atoms with van der Waals surface area (Å²) in [5.41, 5.74) is -3.62. The van der Waals surface area contributed by atoms with Crippen molar-refractivity contribution in [2.75, 3.05) is 0 Å². The minimum atomic E-state index is -5.08. The maximum atomic E-state index is 14.0. The normalized spacial score (nSPS) is 28.7. The Balaban J connectivity index is 2.01. The van der Waals surface area contributed by atoms with E-state index < -0.39 is 29.5 Å². The first-order chi connectivity index (χ1) is 12.4. The lowest BCUT2D eigenvalue weighted by Gasteiger charge is -2.42. The van der Waals surface area contributed by atoms with Crippen LogP contribution in [0.1, 0.15) is 50.4 Å². The number of amides is 1. The fourth-order valence-electron chi connectivity index (χ4n) is 3.92. The fraction of sp³-hybridized carbons (Fsp3) is 0.579. The summed E-state index contributed by atoms with van der Waals surface area (Å²) in [6.45, 7) is 5.84. The van der Waals surface area contributed by atoms with Gasteiger partial charge in [-0.05, 0) is 54.9 Å². The Bertz CT molecular complexity index is 767. The molecule has 1 aromatic carbocycles. The van der Waals surface area contributed by atoms with Crippen molar-refractivity contribution in [1.29, 1.82) is 0 Å². The van der Waals surface area contributed by atoms with Gasteiger partial charge in [0.1, 0.15) is 5.82 Å². The second-order valence-electron chi connectivity index (χ2n) is 8.33. The molecule has 1 heterocycles. The molecule has 0 spiro atoms. The van der Waals surface area contributed by atoms with Gasteiger partial charge in [-0.3, -0.25) is 4.79 Å². The third-order valence-electron chi connectivity index (χ3n) is 5.63. The number of hydrogen-bond donors (Lipinski definition) is 1. The van der Waals surface area contributed by atoms with Gasteiger partial charge in [0, 0.05) is 11.3 Å². The van der Waals surface area contributed by atoms with E-state index in [9.17, 15) is 27.5 Å². The molecule has 0 aromatic heterocycles. The van der Waals surface area contributed by atoms with E-state index in [1.165, 1.54) is 0 Å². The van der Waals surface area contributed by atoms with Crippen LogP contribution in [-0.2, 0) is 0 Å². The molecule has 2 aliphatic rings. The summed E-state index contributed by atoms with van der Waals surface area (Å²) in [5.74, 6) is -3.08. The lowest BCUT2D eigenvalue weighted by atomic mass is 9.66. The standard InChI is InChI=1S/C19H22F4N2O2/c1-17(2,3)12-6-9-15-14(10-12)18(27,19(21,22)23)25(24-15)16(26)11-4-7-13(20)8-5-11/h4-5,7-8,12,14,27H,6,9-10H2,1-3H3/t12-,14+,18+/m1/s1. The lowest BCUT2D eigenvalue weighted by molar-refractivity contribution is -0.314. The van der Waals surface area contributed by atoms with E-state index in [4.69, 9.17) is 0 Å². The SMILES string of the molecule is CC(C)(C)[C@@H]1CCC2=NN(C(=O)c3ccc(F)cc3)[C@@](O)(C(F)(F)F)[C@H]2C1. The van der Waals surface area contributed by atoms with Crippen molar-refractivity contribution >= 4 is 11.6 Å². The Kier molecular flexibility index (Phi) is 4.61. The summed E-state index contributed by atoms with van der Waals surface area (Å²) < 4.78 is 54.9. The zero-order chi connectivity index (χ0) is 20.2. The molecule has 1 amide bonds. The van der Waals surface area contributed by atoms with Gasteiger partial charge in [0.2, 0.25) is 0 Å². The number of alkyl halides is 3. The first kappa shape index (κ1) is 19.8. The molecule has 1 fully saturated rings. The molecule has 1 aliphatic carbocycles. The molecule has 0 saturated heterocycles. The molecule has 1 aromatic rings. The molecule has 0 radical (unpaired) electrons. The highest BCUT2D eigenvalue weighted by atomic mass is 19.4. The third-order valence-corrected chi connectivity index (χ3v) is 5.63. The van der Waals surface area contributed by atoms with Crippen LogP contribution in [0.3, 0.4) is 0 Å². The van der Waals surface area contributed by atoms with Crippen LogP contribution >= 0.6 is 0 Å². The number of hydrazone groups is 1. The molecule has 1 N–H and O–H groups in total. The smallest absolute Gasteiger partial charge is 0.362 e. The van der Waals surface area contributed by atoms with Crippen molar-refractivity contribution < 1.29 is 27.5 Å². The van der Waals surface area contributed by atoms with Crippen LogP contribution in [0.5, 0.6) is 0 Å². The summed E-state index contributed by atoms with van der Waals surface area (Å²) in [5, 5.41) is 14.8. The number of hydrogen-bond acceptors (Lipinski definition) is 3. The van der Waals surface area contributed by atoms with Gasteiger partial charge in [-0.25, -0.2) is 4.39 Å². The number of fused-ring (bicyclic) bond motifs is 1. The molecule has 3 rings (SSSR count). The van der Waals surface area contributed by atoms with E-state index in [0.29, 0.717) is 6.42 Å². The molecule has 8 heteroatoms. The molecule has 4 nitrogen and oxygen atoms in total. The molecule has 27 heavy (non-hydrogen) atoms. The van der Waals surface area contributed by atoms with Crippen LogP contribution in [0.2, 0.25) is 0 Å². The van der Waals surface area contributed by atoms with Gasteiger partial charge in [0.15, 0.2) is 0 Å². The van der Waals surface area contributed by atoms with Crippen LogP contribution in [0.4, 0.5) is 17.6 Å². The van der Waals surface area contributed by atoms with Crippen molar-refractivity contribution in [3.8, 4) is 0 Å². The molecule has 0 unspecified atom stereocenters. The zero-order valence-corrected chi connectivity index (χ0v) is 15.3. The van der Waals surface area contributed by atoms with Crippen molar-refractivity contribution in [3.63, 3.8) is 0 Å². The van der Waals surface area contributed by atoms with Crippen molar-refractivity contribution in [3.05, 3.63) is 35.6 Å². The number of carbonyl (C=O) groups excluding carboxylic acids is 1. The Morgan fingerprint density at radius 3 is 2.33 bits per heavy atom. The predicted molar refractivity (Wildman–Crippen MR) is 91.3 cm³/mol. The second kappa shape index (κ2) is 6.29. The van der Waals surface area contributed by atoms with Gasteiger partial charge in [-0.1, -0.05) is 20.8 Å². The Labute approximate surface area is 154 Å². The number of aliphatic hydroxyl groups is 1. The van der Waals surface area contributed by atoms with E-state index in [2.05, 4.69) is 5.10 Å². The average molecular weight is 386 g/mol. The van der Waals surface area contributed by atoms with Crippen LogP contribution in [0, 0.1) is 23.1 Å². The van der Waals surface area contributed by atoms with Gasteiger partial charge in [-0.2, -0.15) is 23.3 Å². The molecular weight excluding hydrogens is 364 g/mol. The van der Waals surface area contributed by atoms with Crippen molar-refractivity contribution in [2.45, 2.75) is 51.9 Å². The quantitative estimate of drug-likeness (QED) is 0.730. The van der Waals surface area contributed by atoms with Crippen molar-refractivity contribution in [2.24, 2.45) is 22.4 Å². The topological polar surface area (TPSA) is 52.9 Å². The number of rotatable bonds is 1. The first-order valence-corrected chi connectivity index (χ1v) is 8.82. The Morgan fingerprint density at radius 2 is 1.81 bits per heavy atom.